The predicted molar refractivity (Wildman–Crippen MR) is 304 cm³/mol. The van der Waals surface area contributed by atoms with Crippen LogP contribution in [0.2, 0.25) is 0 Å². The smallest absolute Gasteiger partial charge is 0.410 e. The van der Waals surface area contributed by atoms with E-state index in [1.807, 2.05) is 96.9 Å². The van der Waals surface area contributed by atoms with Crippen LogP contribution < -0.4 is 10.6 Å². The van der Waals surface area contributed by atoms with Crippen LogP contribution in [0.15, 0.2) is 54.6 Å². The number of Topliss-reactive ketones (excluding diaryl/α,β-unsaturated/α-hetero) is 1. The van der Waals surface area contributed by atoms with E-state index in [9.17, 15) is 38.4 Å². The van der Waals surface area contributed by atoms with Gasteiger partial charge in [0.05, 0.1) is 41.9 Å². The second-order valence-electron chi connectivity index (χ2n) is 22.3. The summed E-state index contributed by atoms with van der Waals surface area (Å²) < 4.78 is 17.8. The summed E-state index contributed by atoms with van der Waals surface area (Å²) in [6.07, 6.45) is 4.85. The number of ether oxygens (including phenoxy) is 3. The standard InChI is InChI=1S/C60H92N6O11S/c1-15-39(6)54(48(75-12)34-50(68)65-32-22-26-47(65)55(76-13)41(8)56(70)61-42(9)40(7)45-23-18-16-19-24-45)63(10)59(73)52(37(2)3)62-57(71)53(38(4)5)64(11)60(74)77-36-44-29-27-43(28-30-44)33-46(67)25-20-17-21-31-66-51(69)35-49(78-14)58(66)72/h16,18-19,23-24,27-30,37-42,47-49,52-55H,15,17,20-22,25-26,31-36H2,1-14H3,(H,61,70)(H,62,71)/t39-,40+,41+,42+,47-,48+,49?,52-,53?,54-,55+/m0/s1. The Bertz CT molecular complexity index is 2300. The Hall–Kier alpha value is -5.33. The minimum absolute atomic E-state index is 0.0240. The van der Waals surface area contributed by atoms with Gasteiger partial charge in [0.25, 0.3) is 0 Å². The van der Waals surface area contributed by atoms with Crippen LogP contribution in [0.4, 0.5) is 4.79 Å². The average molecular weight is 1110 g/mol. The molecule has 2 heterocycles. The molecule has 0 bridgehead atoms. The topological polar surface area (TPSA) is 201 Å². The number of amides is 7. The van der Waals surface area contributed by atoms with Crippen LogP contribution in [0.5, 0.6) is 0 Å². The Morgan fingerprint density at radius 1 is 0.795 bits per heavy atom. The summed E-state index contributed by atoms with van der Waals surface area (Å²) in [6, 6.07) is 14.2. The molecule has 0 aromatic heterocycles. The second-order valence-corrected chi connectivity index (χ2v) is 23.4. The molecule has 2 aliphatic rings. The van der Waals surface area contributed by atoms with Crippen LogP contribution >= 0.6 is 11.8 Å². The van der Waals surface area contributed by atoms with Crippen molar-refractivity contribution in [2.45, 2.75) is 187 Å². The van der Waals surface area contributed by atoms with E-state index in [4.69, 9.17) is 14.2 Å². The number of benzene rings is 2. The molecule has 78 heavy (non-hydrogen) atoms. The van der Waals surface area contributed by atoms with Gasteiger partial charge in [-0.05, 0) is 73.3 Å². The molecule has 7 amide bonds. The number of rotatable bonds is 31. The molecular formula is C60H92N6O11S. The summed E-state index contributed by atoms with van der Waals surface area (Å²) in [5.41, 5.74) is 2.64. The first-order valence-corrected chi connectivity index (χ1v) is 29.4. The molecule has 0 aliphatic carbocycles. The van der Waals surface area contributed by atoms with Crippen LogP contribution in [-0.4, -0.2) is 162 Å². The fourth-order valence-corrected chi connectivity index (χ4v) is 11.6. The molecule has 434 valence electrons. The number of nitrogens with one attached hydrogen (secondary N) is 2. The van der Waals surface area contributed by atoms with E-state index in [1.165, 1.54) is 35.7 Å². The minimum Gasteiger partial charge on any atom is -0.445 e. The Morgan fingerprint density at radius 3 is 2.03 bits per heavy atom. The number of unbranched alkanes of at least 4 members (excludes halogenated alkanes) is 2. The molecule has 2 N–H and O–H groups in total. The fraction of sp³-hybridized carbons (Fsp3) is 0.667. The zero-order chi connectivity index (χ0) is 58.0. The van der Waals surface area contributed by atoms with E-state index in [0.717, 1.165) is 24.0 Å². The van der Waals surface area contributed by atoms with Gasteiger partial charge in [-0.15, -0.1) is 0 Å². The van der Waals surface area contributed by atoms with Gasteiger partial charge in [0.1, 0.15) is 24.5 Å². The van der Waals surface area contributed by atoms with E-state index in [2.05, 4.69) is 29.7 Å². The molecular weight excluding hydrogens is 1010 g/mol. The lowest BCUT2D eigenvalue weighted by Gasteiger charge is -2.41. The number of carbonyl (C=O) groups excluding carboxylic acids is 8. The molecule has 0 spiro atoms. The van der Waals surface area contributed by atoms with E-state index < -0.39 is 48.3 Å². The van der Waals surface area contributed by atoms with Gasteiger partial charge >= 0.3 is 6.09 Å². The number of nitrogens with zero attached hydrogens (tertiary/aromatic N) is 4. The lowest BCUT2D eigenvalue weighted by molar-refractivity contribution is -0.148. The fourth-order valence-electron chi connectivity index (χ4n) is 11.0. The van der Waals surface area contributed by atoms with Crippen LogP contribution in [0.25, 0.3) is 0 Å². The molecule has 18 heteroatoms. The van der Waals surface area contributed by atoms with Crippen molar-refractivity contribution >= 4 is 59.1 Å². The number of hydrogen-bond acceptors (Lipinski definition) is 12. The van der Waals surface area contributed by atoms with Gasteiger partial charge in [-0.25, -0.2) is 4.79 Å². The molecule has 2 saturated heterocycles. The number of carbonyl (C=O) groups is 8. The Kier molecular flexibility index (Phi) is 26.3. The van der Waals surface area contributed by atoms with Crippen molar-refractivity contribution < 1.29 is 52.6 Å². The molecule has 2 aliphatic heterocycles. The third-order valence-electron chi connectivity index (χ3n) is 16.2. The van der Waals surface area contributed by atoms with Gasteiger partial charge < -0.3 is 34.6 Å². The van der Waals surface area contributed by atoms with Crippen molar-refractivity contribution in [1.82, 2.24) is 30.2 Å². The summed E-state index contributed by atoms with van der Waals surface area (Å²) >= 11 is 1.40. The van der Waals surface area contributed by atoms with Gasteiger partial charge in [0.15, 0.2) is 0 Å². The highest BCUT2D eigenvalue weighted by Crippen LogP contribution is 2.31. The highest BCUT2D eigenvalue weighted by atomic mass is 32.2. The van der Waals surface area contributed by atoms with Crippen molar-refractivity contribution in [3.8, 4) is 0 Å². The normalized spacial score (nSPS) is 19.1. The van der Waals surface area contributed by atoms with Crippen LogP contribution in [0.3, 0.4) is 0 Å². The Balaban J connectivity index is 1.34. The first-order valence-electron chi connectivity index (χ1n) is 28.1. The summed E-state index contributed by atoms with van der Waals surface area (Å²) in [5, 5.41) is 5.87. The third-order valence-corrected chi connectivity index (χ3v) is 17.1. The van der Waals surface area contributed by atoms with Gasteiger partial charge in [-0.2, -0.15) is 11.8 Å². The highest BCUT2D eigenvalue weighted by molar-refractivity contribution is 8.00. The van der Waals surface area contributed by atoms with E-state index >= 15 is 0 Å². The average Bonchev–Trinajstić information content (AvgIpc) is 4.03. The molecule has 2 fully saturated rings. The lowest BCUT2D eigenvalue weighted by Crippen LogP contribution is -2.60. The predicted octanol–water partition coefficient (Wildman–Crippen LogP) is 7.81. The number of imide groups is 1. The second kappa shape index (κ2) is 31.5. The Labute approximate surface area is 469 Å². The summed E-state index contributed by atoms with van der Waals surface area (Å²) in [5.74, 6) is -2.66. The molecule has 2 aromatic carbocycles. The number of methoxy groups -OCH3 is 2. The number of hydrogen-bond donors (Lipinski definition) is 2. The summed E-state index contributed by atoms with van der Waals surface area (Å²) in [4.78, 5) is 114. The van der Waals surface area contributed by atoms with E-state index in [-0.39, 0.29) is 102 Å². The maximum absolute atomic E-state index is 14.7. The van der Waals surface area contributed by atoms with E-state index in [0.29, 0.717) is 50.8 Å². The van der Waals surface area contributed by atoms with Crippen LogP contribution in [0.1, 0.15) is 143 Å². The van der Waals surface area contributed by atoms with Crippen molar-refractivity contribution in [3.63, 3.8) is 0 Å². The molecule has 2 unspecified atom stereocenters. The number of thioether (sulfide) groups is 1. The third kappa shape index (κ3) is 17.6. The SMILES string of the molecule is CC[C@H](C)[C@@H]([C@@H](CC(=O)N1CCC[C@H]1[C@H](OC)[C@@H](C)C(=O)N[C@H](C)[C@@H](C)c1ccccc1)OC)N(C)C(=O)[C@@H](NC(=O)C(C(C)C)N(C)C(=O)OCc1ccc(CC(=O)CCCCCN2C(=O)CC(SC)C2=O)cc1)C(C)C. The van der Waals surface area contributed by atoms with Gasteiger partial charge in [-0.3, -0.25) is 43.4 Å². The number of likely N-dealkylation sites (N-methyl/N-ethyl adjacent to an activating group) is 2. The maximum Gasteiger partial charge on any atom is 0.410 e. The molecule has 2 aromatic rings. The van der Waals surface area contributed by atoms with Gasteiger partial charge in [0.2, 0.25) is 35.4 Å². The highest BCUT2D eigenvalue weighted by Gasteiger charge is 2.44. The van der Waals surface area contributed by atoms with Gasteiger partial charge in [-0.1, -0.05) is 123 Å². The first-order chi connectivity index (χ1) is 37.0. The lowest BCUT2D eigenvalue weighted by atomic mass is 9.89. The van der Waals surface area contributed by atoms with E-state index in [1.54, 1.807) is 31.2 Å². The first kappa shape index (κ1) is 65.2. The Morgan fingerprint density at radius 2 is 1.45 bits per heavy atom. The zero-order valence-electron chi connectivity index (χ0n) is 49.1. The number of likely N-dealkylation sites (tertiary alicyclic amines) is 2. The maximum atomic E-state index is 14.7. The number of ketones is 1. The largest absolute Gasteiger partial charge is 0.445 e. The molecule has 4 rings (SSSR count). The zero-order valence-corrected chi connectivity index (χ0v) is 49.9. The monoisotopic (exact) mass is 1100 g/mol. The quantitative estimate of drug-likeness (QED) is 0.0549. The van der Waals surface area contributed by atoms with Gasteiger partial charge in [0, 0.05) is 72.6 Å². The van der Waals surface area contributed by atoms with Crippen molar-refractivity contribution in [2.24, 2.45) is 23.7 Å². The van der Waals surface area contributed by atoms with Crippen molar-refractivity contribution in [3.05, 3.63) is 71.3 Å². The van der Waals surface area contributed by atoms with Crippen molar-refractivity contribution in [2.75, 3.05) is 47.7 Å². The molecule has 11 atom stereocenters. The molecule has 17 nitrogen and oxygen atoms in total. The van der Waals surface area contributed by atoms with Crippen LogP contribution in [0, 0.1) is 23.7 Å². The summed E-state index contributed by atoms with van der Waals surface area (Å²) in [6.45, 7) is 18.1. The summed E-state index contributed by atoms with van der Waals surface area (Å²) in [7, 11) is 6.29. The van der Waals surface area contributed by atoms with Crippen molar-refractivity contribution in [1.29, 1.82) is 0 Å². The molecule has 0 saturated carbocycles. The molecule has 0 radical (unpaired) electrons. The van der Waals surface area contributed by atoms with Crippen LogP contribution in [-0.2, 0) is 60.8 Å². The minimum atomic E-state index is -0.989.